The number of anilines is 1. The molecule has 1 aromatic rings. The van der Waals surface area contributed by atoms with Crippen molar-refractivity contribution in [3.63, 3.8) is 0 Å². The molecule has 1 amide bonds. The van der Waals surface area contributed by atoms with Crippen molar-refractivity contribution in [2.75, 3.05) is 18.5 Å². The maximum absolute atomic E-state index is 11.2. The van der Waals surface area contributed by atoms with Crippen LogP contribution < -0.4 is 15.4 Å². The van der Waals surface area contributed by atoms with Crippen LogP contribution in [0, 0.1) is 0 Å². The van der Waals surface area contributed by atoms with Crippen LogP contribution in [0.25, 0.3) is 0 Å². The molecule has 0 saturated carbocycles. The molecular formula is C13H16N2O2. The summed E-state index contributed by atoms with van der Waals surface area (Å²) < 4.78 is 5.29. The van der Waals surface area contributed by atoms with Gasteiger partial charge in [0.05, 0.1) is 5.69 Å². The van der Waals surface area contributed by atoms with Crippen LogP contribution in [0.2, 0.25) is 0 Å². The molecule has 2 rings (SSSR count). The van der Waals surface area contributed by atoms with Gasteiger partial charge in [0.25, 0.3) is 5.91 Å². The van der Waals surface area contributed by atoms with E-state index < -0.39 is 0 Å². The molecule has 0 radical (unpaired) electrons. The molecule has 0 aliphatic carbocycles. The smallest absolute Gasteiger partial charge is 0.262 e. The molecular weight excluding hydrogens is 216 g/mol. The highest BCUT2D eigenvalue weighted by Gasteiger charge is 2.15. The predicted molar refractivity (Wildman–Crippen MR) is 67.1 cm³/mol. The number of amides is 1. The molecule has 0 spiro atoms. The first kappa shape index (κ1) is 11.7. The van der Waals surface area contributed by atoms with Crippen molar-refractivity contribution in [1.29, 1.82) is 0 Å². The molecule has 1 aliphatic rings. The van der Waals surface area contributed by atoms with E-state index in [2.05, 4.69) is 17.2 Å². The Bertz CT molecular complexity index is 429. The summed E-state index contributed by atoms with van der Waals surface area (Å²) in [5, 5.41) is 6.09. The maximum Gasteiger partial charge on any atom is 0.262 e. The average Bonchev–Trinajstić information content (AvgIpc) is 2.34. The van der Waals surface area contributed by atoms with E-state index in [0.717, 1.165) is 36.5 Å². The Kier molecular flexibility index (Phi) is 3.77. The second-order valence-electron chi connectivity index (χ2n) is 3.92. The summed E-state index contributed by atoms with van der Waals surface area (Å²) in [5.41, 5.74) is 1.88. The molecule has 1 aromatic carbocycles. The zero-order chi connectivity index (χ0) is 12.1. The molecule has 2 N–H and O–H groups in total. The minimum atomic E-state index is -0.103. The number of benzene rings is 1. The second-order valence-corrected chi connectivity index (χ2v) is 3.92. The molecule has 4 heteroatoms. The van der Waals surface area contributed by atoms with Crippen LogP contribution in [0.15, 0.2) is 30.9 Å². The Morgan fingerprint density at radius 2 is 2.41 bits per heavy atom. The number of carbonyl (C=O) groups is 1. The molecule has 1 aliphatic heterocycles. The Morgan fingerprint density at radius 3 is 3.24 bits per heavy atom. The quantitative estimate of drug-likeness (QED) is 0.600. The summed E-state index contributed by atoms with van der Waals surface area (Å²) in [6.45, 7) is 5.45. The first-order valence-corrected chi connectivity index (χ1v) is 5.67. The summed E-state index contributed by atoms with van der Waals surface area (Å²) in [4.78, 5) is 11.2. The average molecular weight is 232 g/mol. The molecule has 0 aromatic heterocycles. The van der Waals surface area contributed by atoms with E-state index in [9.17, 15) is 4.79 Å². The first-order valence-electron chi connectivity index (χ1n) is 5.67. The Balaban J connectivity index is 1.98. The van der Waals surface area contributed by atoms with Gasteiger partial charge in [0.2, 0.25) is 0 Å². The fourth-order valence-electron chi connectivity index (χ4n) is 1.68. The van der Waals surface area contributed by atoms with Crippen molar-refractivity contribution < 1.29 is 9.53 Å². The molecule has 1 heterocycles. The van der Waals surface area contributed by atoms with Crippen LogP contribution >= 0.6 is 0 Å². The molecule has 0 saturated heterocycles. The number of rotatable bonds is 5. The van der Waals surface area contributed by atoms with E-state index in [-0.39, 0.29) is 12.5 Å². The lowest BCUT2D eigenvalue weighted by atomic mass is 10.1. The van der Waals surface area contributed by atoms with Crippen molar-refractivity contribution in [2.45, 2.75) is 13.0 Å². The summed E-state index contributed by atoms with van der Waals surface area (Å²) in [6.07, 6.45) is 2.83. The summed E-state index contributed by atoms with van der Waals surface area (Å²) in [5.74, 6) is 0.633. The van der Waals surface area contributed by atoms with Gasteiger partial charge in [-0.1, -0.05) is 12.1 Å². The third-order valence-electron chi connectivity index (χ3n) is 2.53. The lowest BCUT2D eigenvalue weighted by Gasteiger charge is -2.18. The van der Waals surface area contributed by atoms with Gasteiger partial charge in [0, 0.05) is 6.54 Å². The van der Waals surface area contributed by atoms with E-state index in [1.54, 1.807) is 0 Å². The fraction of sp³-hybridized carbons (Fsp3) is 0.308. The van der Waals surface area contributed by atoms with Gasteiger partial charge in [-0.2, -0.15) is 0 Å². The number of hydrogen-bond acceptors (Lipinski definition) is 3. The zero-order valence-electron chi connectivity index (χ0n) is 9.66. The maximum atomic E-state index is 11.2. The fourth-order valence-corrected chi connectivity index (χ4v) is 1.68. The van der Waals surface area contributed by atoms with Gasteiger partial charge in [0.15, 0.2) is 6.61 Å². The zero-order valence-corrected chi connectivity index (χ0v) is 9.66. The number of carbonyl (C=O) groups excluding carboxylic acids is 1. The van der Waals surface area contributed by atoms with Crippen LogP contribution in [-0.2, 0) is 11.3 Å². The normalized spacial score (nSPS) is 13.5. The van der Waals surface area contributed by atoms with E-state index in [1.165, 1.54) is 0 Å². The van der Waals surface area contributed by atoms with Gasteiger partial charge < -0.3 is 15.4 Å². The molecule has 0 bridgehead atoms. The van der Waals surface area contributed by atoms with Crippen molar-refractivity contribution in [2.24, 2.45) is 0 Å². The Hall–Kier alpha value is -1.81. The molecule has 0 unspecified atom stereocenters. The largest absolute Gasteiger partial charge is 0.482 e. The van der Waals surface area contributed by atoms with E-state index in [1.807, 2.05) is 24.3 Å². The standard InChI is InChI=1S/C13H16N2O2/c1-2-3-6-14-8-10-4-5-12-11(7-10)15-13(16)9-17-12/h2,4-5,7,14H,1,3,6,8-9H2,(H,15,16). The summed E-state index contributed by atoms with van der Waals surface area (Å²) in [6, 6.07) is 5.82. The molecule has 17 heavy (non-hydrogen) atoms. The second kappa shape index (κ2) is 5.50. The SMILES string of the molecule is C=CCCNCc1ccc2c(c1)NC(=O)CO2. The lowest BCUT2D eigenvalue weighted by Crippen LogP contribution is -2.25. The Labute approximate surface area is 101 Å². The monoisotopic (exact) mass is 232 g/mol. The van der Waals surface area contributed by atoms with E-state index in [0.29, 0.717) is 0 Å². The molecule has 0 atom stereocenters. The van der Waals surface area contributed by atoms with Gasteiger partial charge in [-0.3, -0.25) is 4.79 Å². The minimum absolute atomic E-state index is 0.101. The highest BCUT2D eigenvalue weighted by atomic mass is 16.5. The van der Waals surface area contributed by atoms with Crippen LogP contribution in [-0.4, -0.2) is 19.1 Å². The van der Waals surface area contributed by atoms with Gasteiger partial charge in [-0.05, 0) is 30.7 Å². The number of hydrogen-bond donors (Lipinski definition) is 2. The van der Waals surface area contributed by atoms with Gasteiger partial charge in [-0.15, -0.1) is 6.58 Å². The minimum Gasteiger partial charge on any atom is -0.482 e. The van der Waals surface area contributed by atoms with Crippen molar-refractivity contribution in [3.05, 3.63) is 36.4 Å². The van der Waals surface area contributed by atoms with E-state index >= 15 is 0 Å². The van der Waals surface area contributed by atoms with Crippen molar-refractivity contribution in [1.82, 2.24) is 5.32 Å². The third kappa shape index (κ3) is 3.07. The predicted octanol–water partition coefficient (Wildman–Crippen LogP) is 1.68. The number of fused-ring (bicyclic) bond motifs is 1. The summed E-state index contributed by atoms with van der Waals surface area (Å²) in [7, 11) is 0. The van der Waals surface area contributed by atoms with Gasteiger partial charge >= 0.3 is 0 Å². The van der Waals surface area contributed by atoms with Crippen LogP contribution in [0.3, 0.4) is 0 Å². The summed E-state index contributed by atoms with van der Waals surface area (Å²) >= 11 is 0. The van der Waals surface area contributed by atoms with Crippen LogP contribution in [0.1, 0.15) is 12.0 Å². The van der Waals surface area contributed by atoms with Crippen LogP contribution in [0.5, 0.6) is 5.75 Å². The highest BCUT2D eigenvalue weighted by Crippen LogP contribution is 2.28. The molecule has 4 nitrogen and oxygen atoms in total. The topological polar surface area (TPSA) is 50.4 Å². The first-order chi connectivity index (χ1) is 8.29. The van der Waals surface area contributed by atoms with E-state index in [4.69, 9.17) is 4.74 Å². The van der Waals surface area contributed by atoms with Gasteiger partial charge in [0.1, 0.15) is 5.75 Å². The van der Waals surface area contributed by atoms with Crippen LogP contribution in [0.4, 0.5) is 5.69 Å². The Morgan fingerprint density at radius 1 is 1.53 bits per heavy atom. The lowest BCUT2D eigenvalue weighted by molar-refractivity contribution is -0.118. The van der Waals surface area contributed by atoms with Crippen molar-refractivity contribution in [3.8, 4) is 5.75 Å². The molecule has 90 valence electrons. The highest BCUT2D eigenvalue weighted by molar-refractivity contribution is 5.95. The van der Waals surface area contributed by atoms with Gasteiger partial charge in [-0.25, -0.2) is 0 Å². The third-order valence-corrected chi connectivity index (χ3v) is 2.53. The van der Waals surface area contributed by atoms with Crippen molar-refractivity contribution >= 4 is 11.6 Å². The number of nitrogens with one attached hydrogen (secondary N) is 2. The molecule has 0 fully saturated rings. The number of ether oxygens (including phenoxy) is 1.